The Morgan fingerprint density at radius 1 is 1.22 bits per heavy atom. The minimum absolute atomic E-state index is 0.409. The van der Waals surface area contributed by atoms with Crippen molar-refractivity contribution in [1.29, 1.82) is 0 Å². The number of rotatable bonds is 3. The van der Waals surface area contributed by atoms with Crippen molar-refractivity contribution in [2.45, 2.75) is 25.2 Å². The van der Waals surface area contributed by atoms with Crippen molar-refractivity contribution in [3.63, 3.8) is 0 Å². The maximum atomic E-state index is 12.5. The van der Waals surface area contributed by atoms with Gasteiger partial charge in [0.25, 0.3) is 0 Å². The molecule has 1 saturated heterocycles. The van der Waals surface area contributed by atoms with Gasteiger partial charge in [0.05, 0.1) is 6.42 Å². The van der Waals surface area contributed by atoms with E-state index in [1.54, 1.807) is 0 Å². The standard InChI is InChI=1S/C13H17F3N2/c14-13(15,16)8-12-9-17-6-7-18(12)10-11-4-2-1-3-5-11/h1-5,12,17H,6-10H2. The lowest BCUT2D eigenvalue weighted by Gasteiger charge is -2.36. The van der Waals surface area contributed by atoms with Crippen molar-refractivity contribution in [3.05, 3.63) is 35.9 Å². The highest BCUT2D eigenvalue weighted by molar-refractivity contribution is 5.14. The minimum Gasteiger partial charge on any atom is -0.314 e. The van der Waals surface area contributed by atoms with Crippen LogP contribution >= 0.6 is 0 Å². The molecule has 1 aliphatic rings. The quantitative estimate of drug-likeness (QED) is 0.895. The number of benzene rings is 1. The van der Waals surface area contributed by atoms with Crippen LogP contribution in [0.4, 0.5) is 13.2 Å². The van der Waals surface area contributed by atoms with E-state index < -0.39 is 18.6 Å². The lowest BCUT2D eigenvalue weighted by Crippen LogP contribution is -2.52. The molecule has 0 aliphatic carbocycles. The Morgan fingerprint density at radius 2 is 1.94 bits per heavy atom. The summed E-state index contributed by atoms with van der Waals surface area (Å²) in [7, 11) is 0. The molecule has 2 rings (SSSR count). The second-order valence-corrected chi connectivity index (χ2v) is 4.63. The zero-order valence-electron chi connectivity index (χ0n) is 10.1. The Bertz CT molecular complexity index is 364. The molecule has 2 nitrogen and oxygen atoms in total. The third kappa shape index (κ3) is 3.99. The van der Waals surface area contributed by atoms with E-state index in [9.17, 15) is 13.2 Å². The van der Waals surface area contributed by atoms with Gasteiger partial charge in [-0.3, -0.25) is 4.90 Å². The molecule has 1 aromatic carbocycles. The molecule has 5 heteroatoms. The van der Waals surface area contributed by atoms with Gasteiger partial charge in [0, 0.05) is 32.2 Å². The van der Waals surface area contributed by atoms with Crippen molar-refractivity contribution in [2.24, 2.45) is 0 Å². The molecule has 1 heterocycles. The number of hydrogen-bond donors (Lipinski definition) is 1. The Labute approximate surface area is 105 Å². The summed E-state index contributed by atoms with van der Waals surface area (Å²) in [5.74, 6) is 0. The molecule has 1 unspecified atom stereocenters. The molecule has 1 aliphatic heterocycles. The lowest BCUT2D eigenvalue weighted by molar-refractivity contribution is -0.149. The van der Waals surface area contributed by atoms with Crippen LogP contribution < -0.4 is 5.32 Å². The molecular weight excluding hydrogens is 241 g/mol. The third-order valence-electron chi connectivity index (χ3n) is 3.17. The molecule has 0 radical (unpaired) electrons. The summed E-state index contributed by atoms with van der Waals surface area (Å²) in [4.78, 5) is 1.92. The van der Waals surface area contributed by atoms with Crippen molar-refractivity contribution in [2.75, 3.05) is 19.6 Å². The van der Waals surface area contributed by atoms with Gasteiger partial charge in [-0.05, 0) is 5.56 Å². The van der Waals surface area contributed by atoms with E-state index in [2.05, 4.69) is 5.32 Å². The van der Waals surface area contributed by atoms with E-state index >= 15 is 0 Å². The van der Waals surface area contributed by atoms with Gasteiger partial charge in [-0.2, -0.15) is 13.2 Å². The largest absolute Gasteiger partial charge is 0.390 e. The maximum absolute atomic E-state index is 12.5. The Kier molecular flexibility index (Phi) is 4.24. The van der Waals surface area contributed by atoms with E-state index in [-0.39, 0.29) is 0 Å². The van der Waals surface area contributed by atoms with Gasteiger partial charge in [-0.15, -0.1) is 0 Å². The molecule has 0 spiro atoms. The molecular formula is C13H17F3N2. The molecule has 1 fully saturated rings. The molecule has 1 N–H and O–H groups in total. The fourth-order valence-electron chi connectivity index (χ4n) is 2.30. The van der Waals surface area contributed by atoms with Crippen LogP contribution in [0.1, 0.15) is 12.0 Å². The number of hydrogen-bond acceptors (Lipinski definition) is 2. The van der Waals surface area contributed by atoms with Crippen molar-refractivity contribution < 1.29 is 13.2 Å². The van der Waals surface area contributed by atoms with Crippen molar-refractivity contribution in [3.8, 4) is 0 Å². The van der Waals surface area contributed by atoms with E-state index in [0.717, 1.165) is 12.1 Å². The van der Waals surface area contributed by atoms with E-state index in [0.29, 0.717) is 19.6 Å². The lowest BCUT2D eigenvalue weighted by atomic mass is 10.1. The molecule has 100 valence electrons. The van der Waals surface area contributed by atoms with Crippen LogP contribution in [0.2, 0.25) is 0 Å². The van der Waals surface area contributed by atoms with E-state index in [1.165, 1.54) is 0 Å². The number of piperazine rings is 1. The topological polar surface area (TPSA) is 15.3 Å². The second-order valence-electron chi connectivity index (χ2n) is 4.63. The summed E-state index contributed by atoms with van der Waals surface area (Å²) in [5, 5.41) is 3.03. The predicted molar refractivity (Wildman–Crippen MR) is 64.2 cm³/mol. The fourth-order valence-corrected chi connectivity index (χ4v) is 2.30. The first-order valence-electron chi connectivity index (χ1n) is 6.10. The first-order valence-corrected chi connectivity index (χ1v) is 6.10. The van der Waals surface area contributed by atoms with Crippen LogP contribution in [0.3, 0.4) is 0 Å². The fraction of sp³-hybridized carbons (Fsp3) is 0.538. The first-order chi connectivity index (χ1) is 8.54. The van der Waals surface area contributed by atoms with Gasteiger partial charge < -0.3 is 5.32 Å². The number of alkyl halides is 3. The summed E-state index contributed by atoms with van der Waals surface area (Å²) in [6, 6.07) is 9.18. The normalized spacial score (nSPS) is 22.1. The third-order valence-corrected chi connectivity index (χ3v) is 3.17. The van der Waals surface area contributed by atoms with Crippen LogP contribution in [0, 0.1) is 0 Å². The van der Waals surface area contributed by atoms with Crippen LogP contribution in [0.25, 0.3) is 0 Å². The highest BCUT2D eigenvalue weighted by Gasteiger charge is 2.35. The monoisotopic (exact) mass is 258 g/mol. The zero-order chi connectivity index (χ0) is 13.0. The van der Waals surface area contributed by atoms with Crippen LogP contribution in [0.5, 0.6) is 0 Å². The summed E-state index contributed by atoms with van der Waals surface area (Å²) in [6.45, 7) is 2.41. The number of nitrogens with one attached hydrogen (secondary N) is 1. The summed E-state index contributed by atoms with van der Waals surface area (Å²) >= 11 is 0. The van der Waals surface area contributed by atoms with Crippen LogP contribution in [-0.2, 0) is 6.54 Å². The molecule has 1 aromatic rings. The first kappa shape index (κ1) is 13.4. The zero-order valence-corrected chi connectivity index (χ0v) is 10.1. The van der Waals surface area contributed by atoms with Gasteiger partial charge in [0.1, 0.15) is 0 Å². The predicted octanol–water partition coefficient (Wildman–Crippen LogP) is 2.41. The molecule has 0 aromatic heterocycles. The maximum Gasteiger partial charge on any atom is 0.390 e. The molecule has 0 bridgehead atoms. The minimum atomic E-state index is -4.10. The Morgan fingerprint density at radius 3 is 2.61 bits per heavy atom. The van der Waals surface area contributed by atoms with Gasteiger partial charge >= 0.3 is 6.18 Å². The van der Waals surface area contributed by atoms with Crippen LogP contribution in [-0.4, -0.2) is 36.8 Å². The smallest absolute Gasteiger partial charge is 0.314 e. The number of halogens is 3. The van der Waals surface area contributed by atoms with Crippen LogP contribution in [0.15, 0.2) is 30.3 Å². The van der Waals surface area contributed by atoms with Gasteiger partial charge in [-0.25, -0.2) is 0 Å². The molecule has 1 atom stereocenters. The Balaban J connectivity index is 2.00. The van der Waals surface area contributed by atoms with E-state index in [1.807, 2.05) is 35.2 Å². The molecule has 0 amide bonds. The summed E-state index contributed by atoms with van der Waals surface area (Å²) < 4.78 is 37.5. The van der Waals surface area contributed by atoms with Crippen molar-refractivity contribution >= 4 is 0 Å². The average Bonchev–Trinajstić information content (AvgIpc) is 2.31. The second kappa shape index (κ2) is 5.71. The van der Waals surface area contributed by atoms with Crippen molar-refractivity contribution in [1.82, 2.24) is 10.2 Å². The summed E-state index contributed by atoms with van der Waals surface area (Å²) in [6.07, 6.45) is -4.84. The van der Waals surface area contributed by atoms with Gasteiger partial charge in [0.15, 0.2) is 0 Å². The highest BCUT2D eigenvalue weighted by atomic mass is 19.4. The molecule has 18 heavy (non-hydrogen) atoms. The van der Waals surface area contributed by atoms with E-state index in [4.69, 9.17) is 0 Å². The highest BCUT2D eigenvalue weighted by Crippen LogP contribution is 2.25. The molecule has 0 saturated carbocycles. The van der Waals surface area contributed by atoms with Gasteiger partial charge in [0.2, 0.25) is 0 Å². The number of nitrogens with zero attached hydrogens (tertiary/aromatic N) is 1. The Hall–Kier alpha value is -1.07. The van der Waals surface area contributed by atoms with Gasteiger partial charge in [-0.1, -0.05) is 30.3 Å². The average molecular weight is 258 g/mol. The SMILES string of the molecule is FC(F)(F)CC1CNCCN1Cc1ccccc1. The summed E-state index contributed by atoms with van der Waals surface area (Å²) in [5.41, 5.74) is 1.06.